The first kappa shape index (κ1) is 14.9. The summed E-state index contributed by atoms with van der Waals surface area (Å²) < 4.78 is 44.9. The van der Waals surface area contributed by atoms with Gasteiger partial charge in [-0.1, -0.05) is 18.2 Å². The molecule has 5 nitrogen and oxygen atoms in total. The van der Waals surface area contributed by atoms with Crippen LogP contribution in [-0.4, -0.2) is 36.9 Å². The van der Waals surface area contributed by atoms with Crippen LogP contribution < -0.4 is 4.74 Å². The number of sulfonamides is 1. The zero-order valence-electron chi connectivity index (χ0n) is 11.7. The normalized spacial score (nSPS) is 16.2. The first-order valence-electron chi connectivity index (χ1n) is 6.82. The average molecular weight is 322 g/mol. The van der Waals surface area contributed by atoms with Gasteiger partial charge in [-0.3, -0.25) is 4.98 Å². The van der Waals surface area contributed by atoms with E-state index in [4.69, 9.17) is 4.74 Å². The van der Waals surface area contributed by atoms with Crippen LogP contribution in [0.5, 0.6) is 5.75 Å². The van der Waals surface area contributed by atoms with E-state index in [0.29, 0.717) is 5.75 Å². The Bertz CT molecular complexity index is 746. The van der Waals surface area contributed by atoms with Crippen LogP contribution in [0, 0.1) is 5.82 Å². The van der Waals surface area contributed by atoms with E-state index >= 15 is 0 Å². The van der Waals surface area contributed by atoms with Crippen LogP contribution in [0.3, 0.4) is 0 Å². The van der Waals surface area contributed by atoms with Gasteiger partial charge < -0.3 is 4.74 Å². The summed E-state index contributed by atoms with van der Waals surface area (Å²) in [4.78, 5) is 3.93. The van der Waals surface area contributed by atoms with E-state index in [1.165, 1.54) is 22.5 Å². The molecule has 1 aliphatic rings. The molecule has 1 aliphatic heterocycles. The van der Waals surface area contributed by atoms with Gasteiger partial charge in [0.1, 0.15) is 17.7 Å². The summed E-state index contributed by atoms with van der Waals surface area (Å²) in [5, 5.41) is 0. The van der Waals surface area contributed by atoms with Crippen molar-refractivity contribution in [3.8, 4) is 5.75 Å². The SMILES string of the molecule is O=S(=O)(Cc1ccccc1F)N1CC(Oc2cccnc2)C1. The number of hydrogen-bond donors (Lipinski definition) is 0. The number of rotatable bonds is 5. The molecule has 0 atom stereocenters. The van der Waals surface area contributed by atoms with Gasteiger partial charge in [-0.2, -0.15) is 4.31 Å². The van der Waals surface area contributed by atoms with Gasteiger partial charge in [-0.25, -0.2) is 12.8 Å². The minimum Gasteiger partial charge on any atom is -0.486 e. The minimum atomic E-state index is -3.53. The standard InChI is InChI=1S/C15H15FN2O3S/c16-15-6-2-1-4-12(15)11-22(19,20)18-9-14(10-18)21-13-5-3-7-17-8-13/h1-8,14H,9-11H2. The fourth-order valence-electron chi connectivity index (χ4n) is 2.21. The van der Waals surface area contributed by atoms with E-state index in [-0.39, 0.29) is 30.5 Å². The van der Waals surface area contributed by atoms with Gasteiger partial charge in [0.25, 0.3) is 0 Å². The van der Waals surface area contributed by atoms with Gasteiger partial charge in [-0.15, -0.1) is 0 Å². The highest BCUT2D eigenvalue weighted by Gasteiger charge is 2.37. The lowest BCUT2D eigenvalue weighted by Crippen LogP contribution is -2.56. The summed E-state index contributed by atoms with van der Waals surface area (Å²) in [7, 11) is -3.53. The maximum absolute atomic E-state index is 13.6. The zero-order valence-corrected chi connectivity index (χ0v) is 12.5. The Morgan fingerprint density at radius 3 is 2.68 bits per heavy atom. The van der Waals surface area contributed by atoms with Crippen molar-refractivity contribution in [2.75, 3.05) is 13.1 Å². The molecule has 2 heterocycles. The van der Waals surface area contributed by atoms with Crippen LogP contribution in [-0.2, 0) is 15.8 Å². The summed E-state index contributed by atoms with van der Waals surface area (Å²) in [6.45, 7) is 0.539. The molecule has 2 aromatic rings. The number of benzene rings is 1. The highest BCUT2D eigenvalue weighted by molar-refractivity contribution is 7.88. The van der Waals surface area contributed by atoms with Crippen LogP contribution in [0.25, 0.3) is 0 Å². The number of nitrogens with zero attached hydrogens (tertiary/aromatic N) is 2. The van der Waals surface area contributed by atoms with Crippen molar-refractivity contribution in [3.63, 3.8) is 0 Å². The molecular formula is C15H15FN2O3S. The monoisotopic (exact) mass is 322 g/mol. The van der Waals surface area contributed by atoms with Crippen molar-refractivity contribution < 1.29 is 17.5 Å². The molecule has 1 aromatic heterocycles. The minimum absolute atomic E-state index is 0.180. The quantitative estimate of drug-likeness (QED) is 0.842. The predicted molar refractivity (Wildman–Crippen MR) is 79.2 cm³/mol. The van der Waals surface area contributed by atoms with Crippen molar-refractivity contribution in [2.45, 2.75) is 11.9 Å². The summed E-state index contributed by atoms with van der Waals surface area (Å²) in [6.07, 6.45) is 3.02. The molecule has 0 amide bonds. The molecule has 116 valence electrons. The summed E-state index contributed by atoms with van der Waals surface area (Å²) in [5.41, 5.74) is 0.180. The Morgan fingerprint density at radius 1 is 1.23 bits per heavy atom. The van der Waals surface area contributed by atoms with Crippen molar-refractivity contribution in [1.82, 2.24) is 9.29 Å². The number of halogens is 1. The Kier molecular flexibility index (Phi) is 4.08. The lowest BCUT2D eigenvalue weighted by Gasteiger charge is -2.37. The first-order chi connectivity index (χ1) is 10.5. The Balaban J connectivity index is 1.58. The predicted octanol–water partition coefficient (Wildman–Crippen LogP) is 1.81. The van der Waals surface area contributed by atoms with Crippen LogP contribution in [0.1, 0.15) is 5.56 Å². The number of ether oxygens (including phenoxy) is 1. The van der Waals surface area contributed by atoms with Crippen LogP contribution in [0.4, 0.5) is 4.39 Å². The largest absolute Gasteiger partial charge is 0.486 e. The van der Waals surface area contributed by atoms with Gasteiger partial charge in [-0.05, 0) is 18.2 Å². The molecule has 0 bridgehead atoms. The molecule has 0 aliphatic carbocycles. The topological polar surface area (TPSA) is 59.5 Å². The molecule has 1 aromatic carbocycles. The molecule has 22 heavy (non-hydrogen) atoms. The number of hydrogen-bond acceptors (Lipinski definition) is 4. The molecule has 0 spiro atoms. The maximum Gasteiger partial charge on any atom is 0.218 e. The Labute approximate surface area is 128 Å². The van der Waals surface area contributed by atoms with Crippen LogP contribution in [0.15, 0.2) is 48.8 Å². The molecule has 7 heteroatoms. The third kappa shape index (κ3) is 3.26. The van der Waals surface area contributed by atoms with E-state index in [0.717, 1.165) is 0 Å². The van der Waals surface area contributed by atoms with E-state index in [9.17, 15) is 12.8 Å². The highest BCUT2D eigenvalue weighted by atomic mass is 32.2. The molecule has 0 saturated carbocycles. The molecule has 0 unspecified atom stereocenters. The number of pyridine rings is 1. The molecule has 3 rings (SSSR count). The van der Waals surface area contributed by atoms with E-state index in [2.05, 4.69) is 4.98 Å². The van der Waals surface area contributed by atoms with Crippen molar-refractivity contribution in [2.24, 2.45) is 0 Å². The number of aromatic nitrogens is 1. The molecular weight excluding hydrogens is 307 g/mol. The van der Waals surface area contributed by atoms with Crippen molar-refractivity contribution in [3.05, 3.63) is 60.2 Å². The van der Waals surface area contributed by atoms with E-state index in [1.54, 1.807) is 30.6 Å². The second-order valence-corrected chi connectivity index (χ2v) is 7.06. The maximum atomic E-state index is 13.6. The van der Waals surface area contributed by atoms with Gasteiger partial charge in [0.2, 0.25) is 10.0 Å². The lowest BCUT2D eigenvalue weighted by molar-refractivity contribution is 0.0757. The van der Waals surface area contributed by atoms with Gasteiger partial charge in [0.05, 0.1) is 25.0 Å². The first-order valence-corrected chi connectivity index (χ1v) is 8.43. The second kappa shape index (κ2) is 6.02. The fraction of sp³-hybridized carbons (Fsp3) is 0.267. The van der Waals surface area contributed by atoms with Crippen LogP contribution >= 0.6 is 0 Å². The van der Waals surface area contributed by atoms with E-state index in [1.807, 2.05) is 0 Å². The van der Waals surface area contributed by atoms with E-state index < -0.39 is 15.8 Å². The molecule has 0 radical (unpaired) electrons. The zero-order chi connectivity index (χ0) is 15.6. The second-order valence-electron chi connectivity index (χ2n) is 5.09. The summed E-state index contributed by atoms with van der Waals surface area (Å²) in [5.74, 6) is -0.229. The van der Waals surface area contributed by atoms with Gasteiger partial charge in [0, 0.05) is 11.8 Å². The summed E-state index contributed by atoms with van der Waals surface area (Å²) in [6, 6.07) is 9.42. The molecule has 0 N–H and O–H groups in total. The van der Waals surface area contributed by atoms with Gasteiger partial charge in [0.15, 0.2) is 0 Å². The molecule has 1 saturated heterocycles. The van der Waals surface area contributed by atoms with Crippen molar-refractivity contribution >= 4 is 10.0 Å². The lowest BCUT2D eigenvalue weighted by atomic mass is 10.2. The van der Waals surface area contributed by atoms with Crippen molar-refractivity contribution in [1.29, 1.82) is 0 Å². The highest BCUT2D eigenvalue weighted by Crippen LogP contribution is 2.22. The molecule has 1 fully saturated rings. The fourth-order valence-corrected chi connectivity index (χ4v) is 3.81. The van der Waals surface area contributed by atoms with Gasteiger partial charge >= 0.3 is 0 Å². The Morgan fingerprint density at radius 2 is 2.00 bits per heavy atom. The summed E-state index contributed by atoms with van der Waals surface area (Å²) >= 11 is 0. The third-order valence-corrected chi connectivity index (χ3v) is 5.20. The van der Waals surface area contributed by atoms with Crippen LogP contribution in [0.2, 0.25) is 0 Å². The smallest absolute Gasteiger partial charge is 0.218 e. The third-order valence-electron chi connectivity index (χ3n) is 3.44. The average Bonchev–Trinajstić information content (AvgIpc) is 2.45. The Hall–Kier alpha value is -1.99.